The fourth-order valence-electron chi connectivity index (χ4n) is 2.59. The lowest BCUT2D eigenvalue weighted by molar-refractivity contribution is -0.157. The molecule has 0 radical (unpaired) electrons. The van der Waals surface area contributed by atoms with Gasteiger partial charge in [-0.15, -0.1) is 0 Å². The molecule has 0 bridgehead atoms. The number of hydrogen-bond donors (Lipinski definition) is 0. The first-order valence-electron chi connectivity index (χ1n) is 4.97. The van der Waals surface area contributed by atoms with Crippen molar-refractivity contribution in [2.45, 2.75) is 33.6 Å². The SMILES string of the molecule is CC1C(=O)C(=O)C2(CC2)C(C)(C)C1=O. The molecular weight excluding hydrogens is 180 g/mol. The third-order valence-electron chi connectivity index (χ3n) is 4.01. The van der Waals surface area contributed by atoms with Gasteiger partial charge in [-0.2, -0.15) is 0 Å². The molecule has 2 aliphatic rings. The summed E-state index contributed by atoms with van der Waals surface area (Å²) in [6.45, 7) is 5.13. The predicted octanol–water partition coefficient (Wildman–Crippen LogP) is 1.15. The number of ketones is 3. The first-order valence-corrected chi connectivity index (χ1v) is 4.97. The van der Waals surface area contributed by atoms with Gasteiger partial charge in [0.15, 0.2) is 0 Å². The molecule has 0 heterocycles. The Morgan fingerprint density at radius 2 is 1.64 bits per heavy atom. The van der Waals surface area contributed by atoms with E-state index in [4.69, 9.17) is 0 Å². The highest BCUT2D eigenvalue weighted by molar-refractivity contribution is 6.46. The van der Waals surface area contributed by atoms with Crippen molar-refractivity contribution in [3.63, 3.8) is 0 Å². The van der Waals surface area contributed by atoms with Crippen LogP contribution in [0.3, 0.4) is 0 Å². The van der Waals surface area contributed by atoms with Crippen LogP contribution in [0.4, 0.5) is 0 Å². The second kappa shape index (κ2) is 2.33. The Hall–Kier alpha value is -0.990. The van der Waals surface area contributed by atoms with Gasteiger partial charge in [0.2, 0.25) is 11.6 Å². The van der Waals surface area contributed by atoms with Crippen molar-refractivity contribution in [2.24, 2.45) is 16.7 Å². The van der Waals surface area contributed by atoms with E-state index < -0.39 is 22.5 Å². The molecule has 0 aromatic rings. The highest BCUT2D eigenvalue weighted by atomic mass is 16.2. The van der Waals surface area contributed by atoms with E-state index >= 15 is 0 Å². The fourth-order valence-corrected chi connectivity index (χ4v) is 2.59. The lowest BCUT2D eigenvalue weighted by Gasteiger charge is -2.38. The summed E-state index contributed by atoms with van der Waals surface area (Å²) < 4.78 is 0. The maximum Gasteiger partial charge on any atom is 0.209 e. The summed E-state index contributed by atoms with van der Waals surface area (Å²) in [5.74, 6) is -1.59. The molecule has 0 amide bonds. The van der Waals surface area contributed by atoms with Crippen LogP contribution in [0.2, 0.25) is 0 Å². The van der Waals surface area contributed by atoms with Crippen LogP contribution in [0.5, 0.6) is 0 Å². The van der Waals surface area contributed by atoms with E-state index in [1.54, 1.807) is 20.8 Å². The Morgan fingerprint density at radius 3 is 2.07 bits per heavy atom. The molecule has 3 heteroatoms. The summed E-state index contributed by atoms with van der Waals surface area (Å²) in [7, 11) is 0. The molecule has 1 unspecified atom stereocenters. The minimum absolute atomic E-state index is 0.0698. The van der Waals surface area contributed by atoms with Crippen molar-refractivity contribution >= 4 is 17.3 Å². The van der Waals surface area contributed by atoms with Gasteiger partial charge in [0.05, 0.1) is 5.92 Å². The fraction of sp³-hybridized carbons (Fsp3) is 0.727. The summed E-state index contributed by atoms with van der Waals surface area (Å²) >= 11 is 0. The van der Waals surface area contributed by atoms with Gasteiger partial charge >= 0.3 is 0 Å². The van der Waals surface area contributed by atoms with E-state index in [-0.39, 0.29) is 11.6 Å². The van der Waals surface area contributed by atoms with Gasteiger partial charge in [0, 0.05) is 10.8 Å². The number of rotatable bonds is 0. The Bertz CT molecular complexity index is 348. The maximum absolute atomic E-state index is 11.9. The average molecular weight is 194 g/mol. The highest BCUT2D eigenvalue weighted by Crippen LogP contribution is 2.62. The Morgan fingerprint density at radius 1 is 1.14 bits per heavy atom. The Kier molecular flexibility index (Phi) is 1.59. The van der Waals surface area contributed by atoms with Gasteiger partial charge in [-0.25, -0.2) is 0 Å². The molecule has 1 atom stereocenters. The zero-order valence-electron chi connectivity index (χ0n) is 8.72. The number of Topliss-reactive ketones (excluding diaryl/α,β-unsaturated/α-hetero) is 3. The molecule has 0 aromatic heterocycles. The van der Waals surface area contributed by atoms with Gasteiger partial charge in [0.1, 0.15) is 5.78 Å². The molecule has 2 fully saturated rings. The number of hydrogen-bond acceptors (Lipinski definition) is 3. The minimum Gasteiger partial charge on any atom is -0.298 e. The zero-order valence-corrected chi connectivity index (χ0v) is 8.72. The summed E-state index contributed by atoms with van der Waals surface area (Å²) in [6.07, 6.45) is 1.39. The molecule has 3 nitrogen and oxygen atoms in total. The number of carbonyl (C=O) groups is 3. The summed E-state index contributed by atoms with van der Waals surface area (Å²) in [4.78, 5) is 35.2. The normalized spacial score (nSPS) is 33.6. The van der Waals surface area contributed by atoms with Crippen LogP contribution in [-0.4, -0.2) is 17.3 Å². The predicted molar refractivity (Wildman–Crippen MR) is 49.6 cm³/mol. The molecule has 2 aliphatic carbocycles. The molecule has 0 aromatic carbocycles. The Balaban J connectivity index is 2.51. The van der Waals surface area contributed by atoms with Gasteiger partial charge in [-0.1, -0.05) is 13.8 Å². The summed E-state index contributed by atoms with van der Waals surface area (Å²) in [5.41, 5.74) is -1.27. The molecule has 0 N–H and O–H groups in total. The second-order valence-electron chi connectivity index (χ2n) is 4.99. The first-order chi connectivity index (χ1) is 6.34. The highest BCUT2D eigenvalue weighted by Gasteiger charge is 2.68. The van der Waals surface area contributed by atoms with Crippen molar-refractivity contribution in [1.82, 2.24) is 0 Å². The minimum atomic E-state index is -0.733. The van der Waals surface area contributed by atoms with Crippen LogP contribution in [0.25, 0.3) is 0 Å². The summed E-state index contributed by atoms with van der Waals surface area (Å²) in [5, 5.41) is 0. The van der Waals surface area contributed by atoms with Crippen LogP contribution in [0, 0.1) is 16.7 Å². The molecule has 2 saturated carbocycles. The number of carbonyl (C=O) groups excluding carboxylic acids is 3. The molecule has 1 spiro atoms. The van der Waals surface area contributed by atoms with E-state index in [0.717, 1.165) is 0 Å². The van der Waals surface area contributed by atoms with Crippen molar-refractivity contribution in [1.29, 1.82) is 0 Å². The van der Waals surface area contributed by atoms with E-state index in [0.29, 0.717) is 12.8 Å². The van der Waals surface area contributed by atoms with Gasteiger partial charge in [-0.3, -0.25) is 14.4 Å². The quantitative estimate of drug-likeness (QED) is 0.429. The lowest BCUT2D eigenvalue weighted by atomic mass is 9.61. The Labute approximate surface area is 82.9 Å². The van der Waals surface area contributed by atoms with Gasteiger partial charge in [0.25, 0.3) is 0 Å². The van der Waals surface area contributed by atoms with E-state index in [9.17, 15) is 14.4 Å². The standard InChI is InChI=1S/C11H14O3/c1-6-7(12)9(14)11(4-5-11)10(2,3)8(6)13/h6H,4-5H2,1-3H3. The van der Waals surface area contributed by atoms with Crippen molar-refractivity contribution in [3.05, 3.63) is 0 Å². The molecule has 0 aliphatic heterocycles. The van der Waals surface area contributed by atoms with Crippen LogP contribution in [0.1, 0.15) is 33.6 Å². The summed E-state index contributed by atoms with van der Waals surface area (Å²) in [6, 6.07) is 0. The molecule has 0 saturated heterocycles. The van der Waals surface area contributed by atoms with Crippen LogP contribution < -0.4 is 0 Å². The third-order valence-corrected chi connectivity index (χ3v) is 4.01. The van der Waals surface area contributed by atoms with Crippen molar-refractivity contribution in [2.75, 3.05) is 0 Å². The van der Waals surface area contributed by atoms with E-state index in [1.165, 1.54) is 0 Å². The average Bonchev–Trinajstić information content (AvgIpc) is 2.92. The van der Waals surface area contributed by atoms with Gasteiger partial charge in [-0.05, 0) is 19.8 Å². The molecule has 14 heavy (non-hydrogen) atoms. The molecule has 76 valence electrons. The van der Waals surface area contributed by atoms with E-state index in [1.807, 2.05) is 0 Å². The van der Waals surface area contributed by atoms with Crippen LogP contribution in [-0.2, 0) is 14.4 Å². The third kappa shape index (κ3) is 0.805. The smallest absolute Gasteiger partial charge is 0.209 e. The zero-order chi connectivity index (χ0) is 10.7. The topological polar surface area (TPSA) is 51.2 Å². The lowest BCUT2D eigenvalue weighted by Crippen LogP contribution is -2.53. The second-order valence-corrected chi connectivity index (χ2v) is 4.99. The largest absolute Gasteiger partial charge is 0.298 e. The van der Waals surface area contributed by atoms with Crippen molar-refractivity contribution in [3.8, 4) is 0 Å². The van der Waals surface area contributed by atoms with Crippen molar-refractivity contribution < 1.29 is 14.4 Å². The first kappa shape index (κ1) is 9.56. The van der Waals surface area contributed by atoms with Gasteiger partial charge < -0.3 is 0 Å². The maximum atomic E-state index is 11.9. The monoisotopic (exact) mass is 194 g/mol. The van der Waals surface area contributed by atoms with Crippen LogP contribution in [0.15, 0.2) is 0 Å². The van der Waals surface area contributed by atoms with E-state index in [2.05, 4.69) is 0 Å². The molecule has 2 rings (SSSR count). The van der Waals surface area contributed by atoms with Crippen LogP contribution >= 0.6 is 0 Å². The molecular formula is C11H14O3.